The molecule has 1 heterocycles. The van der Waals surface area contributed by atoms with E-state index >= 15 is 0 Å². The Kier molecular flexibility index (Phi) is 4.20. The molecule has 0 aliphatic carbocycles. The number of nitrogens with one attached hydrogen (secondary N) is 1. The van der Waals surface area contributed by atoms with Crippen molar-refractivity contribution in [3.05, 3.63) is 64.1 Å². The summed E-state index contributed by atoms with van der Waals surface area (Å²) in [5.41, 5.74) is 1.22. The van der Waals surface area contributed by atoms with Gasteiger partial charge in [0, 0.05) is 15.6 Å². The maximum atomic E-state index is 13.7. The maximum absolute atomic E-state index is 13.7. The first kappa shape index (κ1) is 15.4. The normalized spacial score (nSPS) is 10.6. The summed E-state index contributed by atoms with van der Waals surface area (Å²) in [5, 5.41) is 6.24. The molecule has 3 rings (SSSR count). The lowest BCUT2D eigenvalue weighted by Crippen LogP contribution is -2.12. The molecule has 3 aromatic rings. The van der Waals surface area contributed by atoms with E-state index in [1.807, 2.05) is 0 Å². The van der Waals surface area contributed by atoms with Crippen LogP contribution in [0.15, 0.2) is 51.5 Å². The minimum Gasteiger partial charge on any atom is -0.334 e. The van der Waals surface area contributed by atoms with Crippen molar-refractivity contribution in [2.45, 2.75) is 6.92 Å². The third kappa shape index (κ3) is 3.45. The molecule has 0 saturated carbocycles. The van der Waals surface area contributed by atoms with E-state index in [9.17, 15) is 9.18 Å². The van der Waals surface area contributed by atoms with Crippen LogP contribution < -0.4 is 5.32 Å². The lowest BCUT2D eigenvalue weighted by molar-refractivity contribution is 0.102. The average Bonchev–Trinajstić information content (AvgIpc) is 2.97. The fourth-order valence-corrected chi connectivity index (χ4v) is 2.30. The number of benzene rings is 2. The number of anilines is 1. The van der Waals surface area contributed by atoms with Gasteiger partial charge in [0.2, 0.25) is 0 Å². The highest BCUT2D eigenvalue weighted by Gasteiger charge is 2.11. The summed E-state index contributed by atoms with van der Waals surface area (Å²) in [7, 11) is 0. The van der Waals surface area contributed by atoms with E-state index in [0.29, 0.717) is 27.3 Å². The monoisotopic (exact) mass is 375 g/mol. The van der Waals surface area contributed by atoms with Gasteiger partial charge in [0.15, 0.2) is 5.82 Å². The number of carbonyl (C=O) groups is 1. The van der Waals surface area contributed by atoms with Crippen LogP contribution in [-0.4, -0.2) is 16.0 Å². The van der Waals surface area contributed by atoms with Crippen molar-refractivity contribution in [3.8, 4) is 11.5 Å². The van der Waals surface area contributed by atoms with Gasteiger partial charge in [0.05, 0.1) is 5.69 Å². The maximum Gasteiger partial charge on any atom is 0.257 e. The predicted molar refractivity (Wildman–Crippen MR) is 86.5 cm³/mol. The Balaban J connectivity index is 1.77. The highest BCUT2D eigenvalue weighted by molar-refractivity contribution is 9.10. The summed E-state index contributed by atoms with van der Waals surface area (Å²) in [6, 6.07) is 11.0. The second-order valence-corrected chi connectivity index (χ2v) is 5.72. The van der Waals surface area contributed by atoms with Crippen molar-refractivity contribution in [3.63, 3.8) is 0 Å². The molecule has 1 N–H and O–H groups in total. The molecule has 0 spiro atoms. The molecule has 0 aliphatic rings. The zero-order valence-corrected chi connectivity index (χ0v) is 13.6. The molecule has 1 amide bonds. The van der Waals surface area contributed by atoms with Crippen LogP contribution in [0.2, 0.25) is 0 Å². The Morgan fingerprint density at radius 3 is 2.57 bits per heavy atom. The van der Waals surface area contributed by atoms with E-state index in [0.717, 1.165) is 0 Å². The first-order chi connectivity index (χ1) is 11.0. The van der Waals surface area contributed by atoms with Crippen LogP contribution in [-0.2, 0) is 0 Å². The summed E-state index contributed by atoms with van der Waals surface area (Å²) >= 11 is 3.17. The van der Waals surface area contributed by atoms with E-state index in [1.54, 1.807) is 37.3 Å². The summed E-state index contributed by atoms with van der Waals surface area (Å²) in [6.45, 7) is 1.72. The number of nitrogens with zero attached hydrogens (tertiary/aromatic N) is 2. The number of halogens is 2. The largest absolute Gasteiger partial charge is 0.334 e. The Labute approximate surface area is 139 Å². The first-order valence-electron chi connectivity index (χ1n) is 6.70. The highest BCUT2D eigenvalue weighted by Crippen LogP contribution is 2.21. The average molecular weight is 376 g/mol. The van der Waals surface area contributed by atoms with Gasteiger partial charge in [-0.1, -0.05) is 21.1 Å². The molecule has 2 aromatic carbocycles. The molecule has 1 aromatic heterocycles. The van der Waals surface area contributed by atoms with Gasteiger partial charge in [-0.3, -0.25) is 4.79 Å². The van der Waals surface area contributed by atoms with Crippen LogP contribution in [0.25, 0.3) is 11.5 Å². The molecule has 5 nitrogen and oxygen atoms in total. The third-order valence-electron chi connectivity index (χ3n) is 3.10. The number of carbonyl (C=O) groups excluding carboxylic acids is 1. The summed E-state index contributed by atoms with van der Waals surface area (Å²) in [6.07, 6.45) is 0. The molecule has 7 heteroatoms. The topological polar surface area (TPSA) is 68.0 Å². The molecular formula is C16H11BrFN3O2. The quantitative estimate of drug-likeness (QED) is 0.744. The summed E-state index contributed by atoms with van der Waals surface area (Å²) in [4.78, 5) is 16.3. The molecular weight excluding hydrogens is 365 g/mol. The Hall–Kier alpha value is -2.54. The van der Waals surface area contributed by atoms with Crippen molar-refractivity contribution in [2.24, 2.45) is 0 Å². The second kappa shape index (κ2) is 6.29. The van der Waals surface area contributed by atoms with Crippen LogP contribution in [0, 0.1) is 12.7 Å². The van der Waals surface area contributed by atoms with Gasteiger partial charge in [-0.05, 0) is 49.4 Å². The summed E-state index contributed by atoms with van der Waals surface area (Å²) in [5.74, 6) is 0.00566. The fraction of sp³-hybridized carbons (Fsp3) is 0.0625. The van der Waals surface area contributed by atoms with Gasteiger partial charge in [0.1, 0.15) is 5.82 Å². The zero-order valence-electron chi connectivity index (χ0n) is 12.0. The zero-order chi connectivity index (χ0) is 16.4. The van der Waals surface area contributed by atoms with Crippen molar-refractivity contribution in [2.75, 3.05) is 5.32 Å². The van der Waals surface area contributed by atoms with E-state index in [4.69, 9.17) is 4.52 Å². The van der Waals surface area contributed by atoms with Gasteiger partial charge < -0.3 is 9.84 Å². The van der Waals surface area contributed by atoms with Crippen LogP contribution >= 0.6 is 15.9 Å². The molecule has 0 aliphatic heterocycles. The molecule has 0 saturated heterocycles. The van der Waals surface area contributed by atoms with Gasteiger partial charge in [-0.15, -0.1) is 0 Å². The Morgan fingerprint density at radius 1 is 1.22 bits per heavy atom. The van der Waals surface area contributed by atoms with Crippen molar-refractivity contribution in [1.29, 1.82) is 0 Å². The minimum atomic E-state index is -0.509. The lowest BCUT2D eigenvalue weighted by atomic mass is 10.1. The Bertz CT molecular complexity index is 862. The van der Waals surface area contributed by atoms with Crippen molar-refractivity contribution < 1.29 is 13.7 Å². The van der Waals surface area contributed by atoms with Crippen LogP contribution in [0.1, 0.15) is 16.2 Å². The van der Waals surface area contributed by atoms with Crippen molar-refractivity contribution >= 4 is 27.5 Å². The fourth-order valence-electron chi connectivity index (χ4n) is 1.96. The molecule has 0 atom stereocenters. The molecule has 0 unspecified atom stereocenters. The number of aryl methyl sites for hydroxylation is 1. The summed E-state index contributed by atoms with van der Waals surface area (Å²) < 4.78 is 19.4. The molecule has 0 bridgehead atoms. The van der Waals surface area contributed by atoms with E-state index in [2.05, 4.69) is 31.4 Å². The van der Waals surface area contributed by atoms with Crippen molar-refractivity contribution in [1.82, 2.24) is 10.1 Å². The molecule has 0 radical (unpaired) electrons. The van der Waals surface area contributed by atoms with E-state index in [-0.39, 0.29) is 5.69 Å². The standard InChI is InChI=1S/C16H11BrFN3O2/c1-9-19-16(23-21-9)11-4-2-10(3-5-11)15(22)20-14-7-6-12(17)8-13(14)18/h2-8H,1H3,(H,20,22). The van der Waals surface area contributed by atoms with Gasteiger partial charge in [-0.25, -0.2) is 4.39 Å². The molecule has 23 heavy (non-hydrogen) atoms. The van der Waals surface area contributed by atoms with Crippen LogP contribution in [0.5, 0.6) is 0 Å². The smallest absolute Gasteiger partial charge is 0.257 e. The predicted octanol–water partition coefficient (Wildman–Crippen LogP) is 4.20. The molecule has 116 valence electrons. The minimum absolute atomic E-state index is 0.120. The van der Waals surface area contributed by atoms with E-state index in [1.165, 1.54) is 12.1 Å². The van der Waals surface area contributed by atoms with Crippen LogP contribution in [0.3, 0.4) is 0 Å². The number of aromatic nitrogens is 2. The second-order valence-electron chi connectivity index (χ2n) is 4.80. The molecule has 0 fully saturated rings. The van der Waals surface area contributed by atoms with Gasteiger partial charge in [0.25, 0.3) is 11.8 Å². The van der Waals surface area contributed by atoms with Gasteiger partial charge >= 0.3 is 0 Å². The van der Waals surface area contributed by atoms with Crippen LogP contribution in [0.4, 0.5) is 10.1 Å². The van der Waals surface area contributed by atoms with E-state index < -0.39 is 11.7 Å². The first-order valence-corrected chi connectivity index (χ1v) is 7.49. The highest BCUT2D eigenvalue weighted by atomic mass is 79.9. The Morgan fingerprint density at radius 2 is 1.96 bits per heavy atom. The third-order valence-corrected chi connectivity index (χ3v) is 3.59. The number of hydrogen-bond donors (Lipinski definition) is 1. The van der Waals surface area contributed by atoms with Gasteiger partial charge in [-0.2, -0.15) is 4.98 Å². The number of rotatable bonds is 3. The lowest BCUT2D eigenvalue weighted by Gasteiger charge is -2.07. The SMILES string of the molecule is Cc1noc(-c2ccc(C(=O)Nc3ccc(Br)cc3F)cc2)n1. The number of amides is 1. The number of hydrogen-bond acceptors (Lipinski definition) is 4.